The summed E-state index contributed by atoms with van der Waals surface area (Å²) in [6.45, 7) is 3.61. The number of carboxylic acid groups (broad SMARTS) is 2. The number of pyridine rings is 1. The van der Waals surface area contributed by atoms with E-state index in [4.69, 9.17) is 19.8 Å². The van der Waals surface area contributed by atoms with Gasteiger partial charge in [0.05, 0.1) is 17.8 Å². The standard InChI is InChI=1S/C17H20N4O.2C2HF3O2/c1-19-7-3-5-15(19)11-20-9-13-10-21(17(22)16(13)12-20)14-4-2-6-18-8-14;2*3-2(4,5)1(6)7/h2-8,13,16H,9-12H2,1H3;2*(H,6,7)/t13-,16-;;/m0../s1. The number of nitrogens with zero attached hydrogens (tertiary/aromatic N) is 4. The first kappa shape index (κ1) is 28.6. The van der Waals surface area contributed by atoms with Crippen LogP contribution in [0.1, 0.15) is 5.69 Å². The Kier molecular flexibility index (Phi) is 9.07. The van der Waals surface area contributed by atoms with Crippen molar-refractivity contribution in [2.75, 3.05) is 24.5 Å². The minimum Gasteiger partial charge on any atom is -0.475 e. The van der Waals surface area contributed by atoms with Gasteiger partial charge in [-0.25, -0.2) is 9.59 Å². The maximum Gasteiger partial charge on any atom is 0.490 e. The van der Waals surface area contributed by atoms with E-state index in [1.54, 1.807) is 12.4 Å². The Bertz CT molecular complexity index is 1030. The quantitative estimate of drug-likeness (QED) is 0.594. The second-order valence-electron chi connectivity index (χ2n) is 7.94. The number of fused-ring (bicyclic) bond motifs is 1. The molecule has 2 aliphatic rings. The van der Waals surface area contributed by atoms with Crippen LogP contribution in [0, 0.1) is 11.8 Å². The maximum atomic E-state index is 12.7. The number of likely N-dealkylation sites (tertiary alicyclic amines) is 1. The topological polar surface area (TPSA) is 116 Å². The number of halogens is 6. The van der Waals surface area contributed by atoms with Crippen molar-refractivity contribution in [3.05, 3.63) is 48.5 Å². The summed E-state index contributed by atoms with van der Waals surface area (Å²) in [6.07, 6.45) is -4.57. The van der Waals surface area contributed by atoms with E-state index in [0.29, 0.717) is 5.92 Å². The normalized spacial score (nSPS) is 19.6. The van der Waals surface area contributed by atoms with Gasteiger partial charge >= 0.3 is 24.3 Å². The molecule has 0 unspecified atom stereocenters. The van der Waals surface area contributed by atoms with Gasteiger partial charge in [0.2, 0.25) is 5.91 Å². The average molecular weight is 524 g/mol. The molecule has 198 valence electrons. The molecule has 2 aromatic rings. The molecule has 9 nitrogen and oxygen atoms in total. The number of amides is 1. The first-order chi connectivity index (χ1) is 16.6. The number of hydrogen-bond acceptors (Lipinski definition) is 5. The Morgan fingerprint density at radius 3 is 2.00 bits per heavy atom. The van der Waals surface area contributed by atoms with Crippen LogP contribution in [-0.4, -0.2) is 74.5 Å². The third kappa shape index (κ3) is 7.69. The summed E-state index contributed by atoms with van der Waals surface area (Å²) in [6, 6.07) is 8.07. The van der Waals surface area contributed by atoms with E-state index in [2.05, 4.69) is 39.8 Å². The van der Waals surface area contributed by atoms with Gasteiger partial charge in [0.25, 0.3) is 0 Å². The molecule has 0 aromatic carbocycles. The second kappa shape index (κ2) is 11.4. The number of carbonyl (C=O) groups excluding carboxylic acids is 1. The molecule has 2 atom stereocenters. The molecule has 36 heavy (non-hydrogen) atoms. The van der Waals surface area contributed by atoms with E-state index in [9.17, 15) is 31.1 Å². The summed E-state index contributed by atoms with van der Waals surface area (Å²) in [5.74, 6) is -4.68. The Balaban J connectivity index is 0.000000271. The Morgan fingerprint density at radius 1 is 1.00 bits per heavy atom. The van der Waals surface area contributed by atoms with Crippen molar-refractivity contribution < 1.29 is 50.9 Å². The maximum absolute atomic E-state index is 12.7. The van der Waals surface area contributed by atoms with E-state index in [1.807, 2.05) is 17.0 Å². The van der Waals surface area contributed by atoms with Gasteiger partial charge in [-0.1, -0.05) is 0 Å². The zero-order valence-electron chi connectivity index (χ0n) is 18.7. The van der Waals surface area contributed by atoms with Gasteiger partial charge in [-0.15, -0.1) is 0 Å². The molecule has 0 aliphatic carbocycles. The minimum absolute atomic E-state index is 0.139. The van der Waals surface area contributed by atoms with Crippen molar-refractivity contribution in [3.63, 3.8) is 0 Å². The van der Waals surface area contributed by atoms with Gasteiger partial charge < -0.3 is 19.7 Å². The SMILES string of the molecule is Cn1cccc1CN1C[C@H]2CN(c3cccnc3)C(=O)[C@H]2C1.O=C(O)C(F)(F)F.O=C(O)C(F)(F)F. The molecule has 2 aromatic heterocycles. The Hall–Kier alpha value is -3.62. The molecule has 0 saturated carbocycles. The van der Waals surface area contributed by atoms with Crippen LogP contribution in [0.5, 0.6) is 0 Å². The first-order valence-electron chi connectivity index (χ1n) is 10.3. The number of aromatic nitrogens is 2. The lowest BCUT2D eigenvalue weighted by molar-refractivity contribution is -0.193. The highest BCUT2D eigenvalue weighted by Gasteiger charge is 2.46. The summed E-state index contributed by atoms with van der Waals surface area (Å²) < 4.78 is 65.6. The molecular formula is C21H22F6N4O5. The van der Waals surface area contributed by atoms with E-state index in [1.165, 1.54) is 5.69 Å². The summed E-state index contributed by atoms with van der Waals surface area (Å²) in [4.78, 5) is 38.9. The average Bonchev–Trinajstić information content (AvgIpc) is 3.45. The van der Waals surface area contributed by atoms with Gasteiger partial charge in [0.1, 0.15) is 0 Å². The number of alkyl halides is 6. The third-order valence-corrected chi connectivity index (χ3v) is 5.40. The number of carboxylic acids is 2. The van der Waals surface area contributed by atoms with Crippen LogP contribution < -0.4 is 4.90 Å². The predicted octanol–water partition coefficient (Wildman–Crippen LogP) is 2.78. The molecule has 0 spiro atoms. The van der Waals surface area contributed by atoms with Crippen molar-refractivity contribution in [1.82, 2.24) is 14.5 Å². The summed E-state index contributed by atoms with van der Waals surface area (Å²) in [7, 11) is 2.07. The number of rotatable bonds is 3. The third-order valence-electron chi connectivity index (χ3n) is 5.40. The van der Waals surface area contributed by atoms with Crippen LogP contribution in [0.15, 0.2) is 42.9 Å². The molecule has 0 bridgehead atoms. The number of aliphatic carboxylic acids is 2. The lowest BCUT2D eigenvalue weighted by Gasteiger charge is -2.21. The van der Waals surface area contributed by atoms with E-state index >= 15 is 0 Å². The van der Waals surface area contributed by atoms with Crippen LogP contribution >= 0.6 is 0 Å². The van der Waals surface area contributed by atoms with Gasteiger partial charge in [-0.05, 0) is 24.3 Å². The lowest BCUT2D eigenvalue weighted by Crippen LogP contribution is -2.32. The van der Waals surface area contributed by atoms with Crippen LogP contribution in [-0.2, 0) is 28.0 Å². The fourth-order valence-corrected chi connectivity index (χ4v) is 3.72. The number of carbonyl (C=O) groups is 3. The predicted molar refractivity (Wildman–Crippen MR) is 112 cm³/mol. The van der Waals surface area contributed by atoms with E-state index in [-0.39, 0.29) is 11.8 Å². The molecule has 2 fully saturated rings. The molecule has 4 heterocycles. The van der Waals surface area contributed by atoms with Gasteiger partial charge in [0, 0.05) is 57.2 Å². The van der Waals surface area contributed by atoms with E-state index in [0.717, 1.165) is 31.9 Å². The zero-order valence-corrected chi connectivity index (χ0v) is 18.7. The molecule has 0 radical (unpaired) electrons. The monoisotopic (exact) mass is 524 g/mol. The van der Waals surface area contributed by atoms with Gasteiger partial charge in [-0.2, -0.15) is 26.3 Å². The van der Waals surface area contributed by atoms with Crippen molar-refractivity contribution in [2.45, 2.75) is 18.9 Å². The fraction of sp³-hybridized carbons (Fsp3) is 0.429. The van der Waals surface area contributed by atoms with Crippen LogP contribution in [0.25, 0.3) is 0 Å². The van der Waals surface area contributed by atoms with Crippen LogP contribution in [0.4, 0.5) is 32.0 Å². The van der Waals surface area contributed by atoms with Crippen molar-refractivity contribution in [1.29, 1.82) is 0 Å². The molecular weight excluding hydrogens is 502 g/mol. The zero-order chi connectivity index (χ0) is 27.3. The molecule has 2 saturated heterocycles. The number of anilines is 1. The minimum atomic E-state index is -5.08. The molecule has 2 N–H and O–H groups in total. The molecule has 15 heteroatoms. The second-order valence-corrected chi connectivity index (χ2v) is 7.94. The molecule has 1 amide bonds. The van der Waals surface area contributed by atoms with Crippen LogP contribution in [0.3, 0.4) is 0 Å². The van der Waals surface area contributed by atoms with Crippen molar-refractivity contribution >= 4 is 23.5 Å². The molecule has 4 rings (SSSR count). The van der Waals surface area contributed by atoms with Gasteiger partial charge in [-0.3, -0.25) is 14.7 Å². The largest absolute Gasteiger partial charge is 0.490 e. The fourth-order valence-electron chi connectivity index (χ4n) is 3.72. The van der Waals surface area contributed by atoms with Crippen molar-refractivity contribution in [2.24, 2.45) is 18.9 Å². The number of aryl methyl sites for hydroxylation is 1. The van der Waals surface area contributed by atoms with Crippen LogP contribution in [0.2, 0.25) is 0 Å². The van der Waals surface area contributed by atoms with E-state index < -0.39 is 24.3 Å². The first-order valence-corrected chi connectivity index (χ1v) is 10.3. The summed E-state index contributed by atoms with van der Waals surface area (Å²) >= 11 is 0. The highest BCUT2D eigenvalue weighted by molar-refractivity contribution is 5.97. The Labute approximate surface area is 200 Å². The Morgan fingerprint density at radius 2 is 1.58 bits per heavy atom. The summed E-state index contributed by atoms with van der Waals surface area (Å²) in [5, 5.41) is 14.2. The smallest absolute Gasteiger partial charge is 0.475 e. The highest BCUT2D eigenvalue weighted by Crippen LogP contribution is 2.35. The lowest BCUT2D eigenvalue weighted by atomic mass is 10.0. The highest BCUT2D eigenvalue weighted by atomic mass is 19.4. The molecule has 2 aliphatic heterocycles. The van der Waals surface area contributed by atoms with Crippen molar-refractivity contribution in [3.8, 4) is 0 Å². The number of hydrogen-bond donors (Lipinski definition) is 2. The van der Waals surface area contributed by atoms with Gasteiger partial charge in [0.15, 0.2) is 0 Å². The summed E-state index contributed by atoms with van der Waals surface area (Å²) in [5.41, 5.74) is 2.23.